The first-order valence-electron chi connectivity index (χ1n) is 6.62. The molecule has 0 aliphatic heterocycles. The molecule has 0 radical (unpaired) electrons. The van der Waals surface area contributed by atoms with Crippen LogP contribution in [-0.2, 0) is 0 Å². The number of β-amino-alcohol motifs (C(OH)–C–C–N with tert-alkyl or cyclic N) is 1. The monoisotopic (exact) mass is 301 g/mol. The van der Waals surface area contributed by atoms with Crippen molar-refractivity contribution in [3.63, 3.8) is 0 Å². The number of aliphatic hydroxyl groups excluding tert-OH is 4. The zero-order valence-electron chi connectivity index (χ0n) is 12.0. The Morgan fingerprint density at radius 2 is 1.67 bits per heavy atom. The van der Waals surface area contributed by atoms with Crippen LogP contribution in [0.25, 0.3) is 0 Å². The third kappa shape index (κ3) is 5.14. The van der Waals surface area contributed by atoms with Gasteiger partial charge in [0.2, 0.25) is 0 Å². The second-order valence-corrected chi connectivity index (χ2v) is 4.75. The van der Waals surface area contributed by atoms with E-state index in [0.717, 1.165) is 0 Å². The standard InChI is InChI=1S/C14H23NO6/c1-20-12-4-2-3-5-13(12)21-7-11(19)6-15-14(8-16,9-17)10-18/h2-5,11,15-19H,6-10H2,1H3. The summed E-state index contributed by atoms with van der Waals surface area (Å²) in [5.74, 6) is 1.07. The maximum Gasteiger partial charge on any atom is 0.161 e. The highest BCUT2D eigenvalue weighted by molar-refractivity contribution is 5.39. The third-order valence-electron chi connectivity index (χ3n) is 3.12. The van der Waals surface area contributed by atoms with Gasteiger partial charge in [0.15, 0.2) is 11.5 Å². The van der Waals surface area contributed by atoms with Crippen molar-refractivity contribution in [2.45, 2.75) is 11.6 Å². The Balaban J connectivity index is 2.45. The minimum absolute atomic E-state index is 0.00569. The molecule has 0 bridgehead atoms. The molecule has 1 rings (SSSR count). The third-order valence-corrected chi connectivity index (χ3v) is 3.12. The van der Waals surface area contributed by atoms with Crippen LogP contribution in [0.3, 0.4) is 0 Å². The van der Waals surface area contributed by atoms with Crippen LogP contribution in [0.5, 0.6) is 11.5 Å². The number of ether oxygens (including phenoxy) is 2. The molecule has 1 atom stereocenters. The Hall–Kier alpha value is -1.38. The van der Waals surface area contributed by atoms with Crippen molar-refractivity contribution in [2.24, 2.45) is 0 Å². The summed E-state index contributed by atoms with van der Waals surface area (Å²) in [6, 6.07) is 7.06. The van der Waals surface area contributed by atoms with E-state index in [1.54, 1.807) is 18.2 Å². The second-order valence-electron chi connectivity index (χ2n) is 4.75. The van der Waals surface area contributed by atoms with E-state index < -0.39 is 31.5 Å². The first-order chi connectivity index (χ1) is 10.1. The van der Waals surface area contributed by atoms with Gasteiger partial charge in [-0.05, 0) is 12.1 Å². The number of hydrogen-bond donors (Lipinski definition) is 5. The van der Waals surface area contributed by atoms with Crippen LogP contribution in [0.4, 0.5) is 0 Å². The molecule has 7 nitrogen and oxygen atoms in total. The number of hydrogen-bond acceptors (Lipinski definition) is 7. The Kier molecular flexibility index (Phi) is 7.41. The molecule has 0 aliphatic carbocycles. The molecule has 0 aliphatic rings. The van der Waals surface area contributed by atoms with Crippen LogP contribution in [0.2, 0.25) is 0 Å². The van der Waals surface area contributed by atoms with E-state index in [1.165, 1.54) is 7.11 Å². The summed E-state index contributed by atoms with van der Waals surface area (Å²) in [6.45, 7) is -1.27. The van der Waals surface area contributed by atoms with Gasteiger partial charge in [-0.2, -0.15) is 0 Å². The predicted octanol–water partition coefficient (Wildman–Crippen LogP) is -1.26. The van der Waals surface area contributed by atoms with Crippen molar-refractivity contribution >= 4 is 0 Å². The first-order valence-corrected chi connectivity index (χ1v) is 6.62. The van der Waals surface area contributed by atoms with Gasteiger partial charge in [-0.1, -0.05) is 12.1 Å². The molecule has 7 heteroatoms. The highest BCUT2D eigenvalue weighted by atomic mass is 16.5. The van der Waals surface area contributed by atoms with Crippen LogP contribution >= 0.6 is 0 Å². The maximum atomic E-state index is 9.85. The molecule has 0 spiro atoms. The molecule has 21 heavy (non-hydrogen) atoms. The van der Waals surface area contributed by atoms with Crippen LogP contribution < -0.4 is 14.8 Å². The minimum Gasteiger partial charge on any atom is -0.493 e. The molecule has 0 aromatic heterocycles. The molecule has 0 fully saturated rings. The Bertz CT molecular complexity index is 402. The molecule has 1 aromatic carbocycles. The Labute approximate surface area is 123 Å². The van der Waals surface area contributed by atoms with Crippen LogP contribution in [-0.4, -0.2) is 72.2 Å². The topological polar surface area (TPSA) is 111 Å². The van der Waals surface area contributed by atoms with Gasteiger partial charge in [0.1, 0.15) is 12.7 Å². The van der Waals surface area contributed by atoms with Crippen molar-refractivity contribution in [3.8, 4) is 11.5 Å². The smallest absolute Gasteiger partial charge is 0.161 e. The van der Waals surface area contributed by atoms with Crippen molar-refractivity contribution < 1.29 is 29.9 Å². The average molecular weight is 301 g/mol. The van der Waals surface area contributed by atoms with Gasteiger partial charge in [-0.3, -0.25) is 0 Å². The molecule has 5 N–H and O–H groups in total. The number of benzene rings is 1. The summed E-state index contributed by atoms with van der Waals surface area (Å²) in [4.78, 5) is 0. The highest BCUT2D eigenvalue weighted by Crippen LogP contribution is 2.25. The number of rotatable bonds is 10. The fourth-order valence-electron chi connectivity index (χ4n) is 1.63. The molecular weight excluding hydrogens is 278 g/mol. The number of nitrogens with one attached hydrogen (secondary N) is 1. The van der Waals surface area contributed by atoms with E-state index in [2.05, 4.69) is 5.32 Å². The lowest BCUT2D eigenvalue weighted by atomic mass is 10.0. The molecule has 120 valence electrons. The van der Waals surface area contributed by atoms with E-state index in [-0.39, 0.29) is 13.2 Å². The summed E-state index contributed by atoms with van der Waals surface area (Å²) >= 11 is 0. The van der Waals surface area contributed by atoms with Crippen molar-refractivity contribution in [1.82, 2.24) is 5.32 Å². The van der Waals surface area contributed by atoms with Gasteiger partial charge >= 0.3 is 0 Å². The van der Waals surface area contributed by atoms with Gasteiger partial charge in [0.25, 0.3) is 0 Å². The average Bonchev–Trinajstić information content (AvgIpc) is 2.55. The van der Waals surface area contributed by atoms with Crippen molar-refractivity contribution in [2.75, 3.05) is 40.1 Å². The van der Waals surface area contributed by atoms with Gasteiger partial charge in [0.05, 0.1) is 32.5 Å². The van der Waals surface area contributed by atoms with E-state index >= 15 is 0 Å². The van der Waals surface area contributed by atoms with Crippen molar-refractivity contribution in [1.29, 1.82) is 0 Å². The van der Waals surface area contributed by atoms with Crippen LogP contribution in [0, 0.1) is 0 Å². The van der Waals surface area contributed by atoms with Crippen LogP contribution in [0.1, 0.15) is 0 Å². The Morgan fingerprint density at radius 3 is 2.19 bits per heavy atom. The zero-order chi connectivity index (χ0) is 15.7. The molecule has 1 aromatic rings. The predicted molar refractivity (Wildman–Crippen MR) is 76.5 cm³/mol. The van der Waals surface area contributed by atoms with Gasteiger partial charge < -0.3 is 35.2 Å². The van der Waals surface area contributed by atoms with Gasteiger partial charge in [-0.15, -0.1) is 0 Å². The highest BCUT2D eigenvalue weighted by Gasteiger charge is 2.28. The summed E-state index contributed by atoms with van der Waals surface area (Å²) in [7, 11) is 1.53. The van der Waals surface area contributed by atoms with Crippen LogP contribution in [0.15, 0.2) is 24.3 Å². The quantitative estimate of drug-likeness (QED) is 0.367. The molecule has 0 saturated carbocycles. The Morgan fingerprint density at radius 1 is 1.10 bits per heavy atom. The largest absolute Gasteiger partial charge is 0.493 e. The van der Waals surface area contributed by atoms with Gasteiger partial charge in [-0.25, -0.2) is 0 Å². The van der Waals surface area contributed by atoms with E-state index in [9.17, 15) is 5.11 Å². The zero-order valence-corrected chi connectivity index (χ0v) is 12.0. The minimum atomic E-state index is -1.22. The number of para-hydroxylation sites is 2. The summed E-state index contributed by atoms with van der Waals surface area (Å²) < 4.78 is 10.6. The summed E-state index contributed by atoms with van der Waals surface area (Å²) in [5, 5.41) is 40.0. The lowest BCUT2D eigenvalue weighted by Crippen LogP contribution is -2.57. The second kappa shape index (κ2) is 8.81. The van der Waals surface area contributed by atoms with Gasteiger partial charge in [0, 0.05) is 6.54 Å². The maximum absolute atomic E-state index is 9.85. The summed E-state index contributed by atoms with van der Waals surface area (Å²) in [6.07, 6.45) is -0.876. The fraction of sp³-hybridized carbons (Fsp3) is 0.571. The molecule has 0 saturated heterocycles. The SMILES string of the molecule is COc1ccccc1OCC(O)CNC(CO)(CO)CO. The van der Waals surface area contributed by atoms with Crippen molar-refractivity contribution in [3.05, 3.63) is 24.3 Å². The normalized spacial score (nSPS) is 13.0. The molecule has 1 unspecified atom stereocenters. The summed E-state index contributed by atoms with van der Waals surface area (Å²) in [5.41, 5.74) is -1.22. The molecule has 0 heterocycles. The lowest BCUT2D eigenvalue weighted by Gasteiger charge is -2.29. The number of aliphatic hydroxyl groups is 4. The molecule has 0 amide bonds. The molecular formula is C14H23NO6. The van der Waals surface area contributed by atoms with E-state index in [1.807, 2.05) is 6.07 Å². The first kappa shape index (κ1) is 17.7. The lowest BCUT2D eigenvalue weighted by molar-refractivity contribution is 0.0259. The fourth-order valence-corrected chi connectivity index (χ4v) is 1.63. The van der Waals surface area contributed by atoms with E-state index in [0.29, 0.717) is 11.5 Å². The van der Waals surface area contributed by atoms with E-state index in [4.69, 9.17) is 24.8 Å². The number of methoxy groups -OCH3 is 1.